The van der Waals surface area contributed by atoms with Crippen molar-refractivity contribution >= 4 is 22.9 Å². The molecule has 1 N–H and O–H groups in total. The Balaban J connectivity index is 1.25. The molecule has 1 aromatic carbocycles. The molecule has 1 fully saturated rings. The molecule has 0 aliphatic carbocycles. The number of aromatic nitrogens is 2. The number of furan rings is 1. The van der Waals surface area contributed by atoms with Crippen molar-refractivity contribution in [3.05, 3.63) is 48.4 Å². The Hall–Kier alpha value is -2.88. The van der Waals surface area contributed by atoms with Crippen molar-refractivity contribution in [3.8, 4) is 0 Å². The molecule has 0 spiro atoms. The molecule has 0 bridgehead atoms. The van der Waals surface area contributed by atoms with Gasteiger partial charge in [-0.2, -0.15) is 0 Å². The van der Waals surface area contributed by atoms with Gasteiger partial charge in [0.2, 0.25) is 11.9 Å². The Bertz CT molecular complexity index is 1070. The van der Waals surface area contributed by atoms with Crippen molar-refractivity contribution in [3.63, 3.8) is 0 Å². The smallest absolute Gasteiger partial charge is 0.216 e. The van der Waals surface area contributed by atoms with Crippen molar-refractivity contribution in [1.29, 1.82) is 0 Å². The Morgan fingerprint density at radius 2 is 1.90 bits per heavy atom. The lowest BCUT2D eigenvalue weighted by Gasteiger charge is -2.41. The molecule has 9 nitrogen and oxygen atoms in total. The Kier molecular flexibility index (Phi) is 4.86. The Morgan fingerprint density at radius 1 is 1.03 bits per heavy atom. The van der Waals surface area contributed by atoms with E-state index in [0.717, 1.165) is 81.2 Å². The first-order valence-corrected chi connectivity index (χ1v) is 11.0. The highest BCUT2D eigenvalue weighted by molar-refractivity contribution is 5.98. The van der Waals surface area contributed by atoms with E-state index in [0.29, 0.717) is 6.67 Å². The summed E-state index contributed by atoms with van der Waals surface area (Å²) >= 11 is 0. The molecule has 0 radical (unpaired) electrons. The van der Waals surface area contributed by atoms with Gasteiger partial charge in [0, 0.05) is 19.6 Å². The molecule has 2 aromatic heterocycles. The van der Waals surface area contributed by atoms with Gasteiger partial charge >= 0.3 is 0 Å². The topological polar surface area (TPSA) is 74.3 Å². The average molecular weight is 422 g/mol. The number of para-hydroxylation sites is 2. The van der Waals surface area contributed by atoms with Crippen LogP contribution < -0.4 is 10.2 Å². The van der Waals surface area contributed by atoms with Crippen molar-refractivity contribution < 1.29 is 9.15 Å². The fourth-order valence-electron chi connectivity index (χ4n) is 4.64. The number of anilines is 1. The summed E-state index contributed by atoms with van der Waals surface area (Å²) < 4.78 is 13.4. The number of hydrogen-bond acceptors (Lipinski definition) is 8. The molecule has 1 unspecified atom stereocenters. The lowest BCUT2D eigenvalue weighted by Crippen LogP contribution is -2.57. The minimum Gasteiger partial charge on any atom is -0.465 e. The number of morpholine rings is 1. The summed E-state index contributed by atoms with van der Waals surface area (Å²) in [6.07, 6.45) is 2.67. The van der Waals surface area contributed by atoms with E-state index in [1.165, 1.54) is 0 Å². The van der Waals surface area contributed by atoms with Crippen LogP contribution in [0.1, 0.15) is 18.3 Å². The molecular formula is C22H27N7O2. The monoisotopic (exact) mass is 421 g/mol. The highest BCUT2D eigenvalue weighted by Gasteiger charge is 2.36. The number of guanidine groups is 1. The second kappa shape index (κ2) is 7.99. The van der Waals surface area contributed by atoms with Gasteiger partial charge in [0.05, 0.1) is 43.8 Å². The van der Waals surface area contributed by atoms with Crippen LogP contribution in [0.3, 0.4) is 0 Å². The number of aliphatic imine (C=N–C) groups is 1. The van der Waals surface area contributed by atoms with Crippen molar-refractivity contribution in [1.82, 2.24) is 24.7 Å². The number of hydrogen-bond donors (Lipinski definition) is 1. The molecule has 162 valence electrons. The Labute approximate surface area is 180 Å². The number of rotatable bonds is 5. The van der Waals surface area contributed by atoms with E-state index in [9.17, 15) is 0 Å². The Morgan fingerprint density at radius 3 is 2.77 bits per heavy atom. The van der Waals surface area contributed by atoms with Gasteiger partial charge in [-0.1, -0.05) is 12.1 Å². The summed E-state index contributed by atoms with van der Waals surface area (Å²) in [4.78, 5) is 16.9. The predicted molar refractivity (Wildman–Crippen MR) is 118 cm³/mol. The third kappa shape index (κ3) is 3.48. The van der Waals surface area contributed by atoms with E-state index in [2.05, 4.69) is 36.7 Å². The van der Waals surface area contributed by atoms with Crippen molar-refractivity contribution in [2.45, 2.75) is 12.6 Å². The standard InChI is InChI=1S/C22H27N7O2/c1-2-6-18-17(5-1)24-22-28-16-27(9-4-8-26-10-13-30-14-11-26)15-23-21(28)25-20(29(18)22)19-7-3-12-31-19/h1-3,5-7,12,20H,4,8-11,13-16H2,(H,23,25). The van der Waals surface area contributed by atoms with E-state index >= 15 is 0 Å². The van der Waals surface area contributed by atoms with Crippen LogP contribution in [0.25, 0.3) is 11.0 Å². The molecule has 9 heteroatoms. The van der Waals surface area contributed by atoms with Gasteiger partial charge < -0.3 is 14.5 Å². The van der Waals surface area contributed by atoms with Gasteiger partial charge in [0.25, 0.3) is 0 Å². The van der Waals surface area contributed by atoms with Crippen molar-refractivity contribution in [2.24, 2.45) is 4.99 Å². The van der Waals surface area contributed by atoms with Crippen LogP contribution in [0.15, 0.2) is 52.1 Å². The average Bonchev–Trinajstić information content (AvgIpc) is 3.48. The number of benzene rings is 1. The number of fused-ring (bicyclic) bond motifs is 5. The molecular weight excluding hydrogens is 394 g/mol. The van der Waals surface area contributed by atoms with E-state index in [1.807, 2.05) is 24.3 Å². The molecule has 6 rings (SSSR count). The third-order valence-electron chi connectivity index (χ3n) is 6.23. The van der Waals surface area contributed by atoms with Gasteiger partial charge in [0.1, 0.15) is 5.76 Å². The van der Waals surface area contributed by atoms with Crippen LogP contribution >= 0.6 is 0 Å². The van der Waals surface area contributed by atoms with E-state index in [-0.39, 0.29) is 6.17 Å². The highest BCUT2D eigenvalue weighted by Crippen LogP contribution is 2.33. The van der Waals surface area contributed by atoms with E-state index in [4.69, 9.17) is 19.1 Å². The molecule has 5 heterocycles. The summed E-state index contributed by atoms with van der Waals surface area (Å²) in [5.41, 5.74) is 2.05. The normalized spacial score (nSPS) is 22.1. The molecule has 0 amide bonds. The first kappa shape index (κ1) is 18.9. The maximum atomic E-state index is 5.75. The SMILES string of the molecule is c1coc(C2NC3=NCN(CCCN4CCOCC4)CN3c3nc4ccccc4n32)c1. The zero-order valence-corrected chi connectivity index (χ0v) is 17.5. The molecule has 3 aliphatic heterocycles. The summed E-state index contributed by atoms with van der Waals surface area (Å²) in [7, 11) is 0. The fraction of sp³-hybridized carbons (Fsp3) is 0.455. The molecule has 1 saturated heterocycles. The lowest BCUT2D eigenvalue weighted by molar-refractivity contribution is 0.0361. The summed E-state index contributed by atoms with van der Waals surface area (Å²) in [6, 6.07) is 12.2. The largest absolute Gasteiger partial charge is 0.465 e. The molecule has 3 aromatic rings. The molecule has 1 atom stereocenters. The number of imidazole rings is 1. The zero-order valence-electron chi connectivity index (χ0n) is 17.5. The minimum absolute atomic E-state index is 0.166. The second-order valence-electron chi connectivity index (χ2n) is 8.23. The molecule has 3 aliphatic rings. The van der Waals surface area contributed by atoms with Crippen molar-refractivity contribution in [2.75, 3.05) is 57.6 Å². The maximum absolute atomic E-state index is 5.75. The molecule has 0 saturated carbocycles. The number of nitrogens with zero attached hydrogens (tertiary/aromatic N) is 6. The number of nitrogens with one attached hydrogen (secondary N) is 1. The van der Waals surface area contributed by atoms with Crippen LogP contribution in [0.5, 0.6) is 0 Å². The lowest BCUT2D eigenvalue weighted by atomic mass is 10.2. The predicted octanol–water partition coefficient (Wildman–Crippen LogP) is 1.89. The van der Waals surface area contributed by atoms with E-state index in [1.54, 1.807) is 6.26 Å². The summed E-state index contributed by atoms with van der Waals surface area (Å²) in [5, 5.41) is 3.58. The second-order valence-corrected chi connectivity index (χ2v) is 8.23. The highest BCUT2D eigenvalue weighted by atomic mass is 16.5. The summed E-state index contributed by atoms with van der Waals surface area (Å²) in [6.45, 7) is 7.34. The van der Waals surface area contributed by atoms with Crippen LogP contribution in [-0.2, 0) is 4.74 Å². The zero-order chi connectivity index (χ0) is 20.6. The summed E-state index contributed by atoms with van der Waals surface area (Å²) in [5.74, 6) is 2.60. The van der Waals surface area contributed by atoms with Crippen LogP contribution in [0, 0.1) is 0 Å². The first-order valence-electron chi connectivity index (χ1n) is 11.0. The van der Waals surface area contributed by atoms with Gasteiger partial charge in [-0.3, -0.25) is 19.3 Å². The van der Waals surface area contributed by atoms with E-state index < -0.39 is 0 Å². The minimum atomic E-state index is -0.166. The quantitative estimate of drug-likeness (QED) is 0.674. The van der Waals surface area contributed by atoms with Gasteiger partial charge in [-0.15, -0.1) is 0 Å². The van der Waals surface area contributed by atoms with Gasteiger partial charge in [-0.25, -0.2) is 9.98 Å². The molecule has 31 heavy (non-hydrogen) atoms. The van der Waals surface area contributed by atoms with Crippen LogP contribution in [0.2, 0.25) is 0 Å². The van der Waals surface area contributed by atoms with Gasteiger partial charge in [0.15, 0.2) is 6.17 Å². The first-order chi connectivity index (χ1) is 15.4. The fourth-order valence-corrected chi connectivity index (χ4v) is 4.64. The third-order valence-corrected chi connectivity index (χ3v) is 6.23. The maximum Gasteiger partial charge on any atom is 0.216 e. The van der Waals surface area contributed by atoms with Crippen LogP contribution in [-0.4, -0.2) is 78.0 Å². The van der Waals surface area contributed by atoms with Gasteiger partial charge in [-0.05, 0) is 37.2 Å². The number of ether oxygens (including phenoxy) is 1. The van der Waals surface area contributed by atoms with Crippen LogP contribution in [0.4, 0.5) is 5.95 Å².